The SMILES string of the molecule is CCCC1(CN2CCC3(CC2)CC(N2CC(F)(CN4CCN(C(C)CCC(C)N5CCN(CC6CN(C7CCN(CC8(CC(C)C)CC8)CC7)C6)CC5)CC4)C2)C3)CC1. The molecule has 338 valence electrons. The summed E-state index contributed by atoms with van der Waals surface area (Å²) in [7, 11) is 0. The number of hydrogen-bond donors (Lipinski definition) is 0. The lowest BCUT2D eigenvalue weighted by Gasteiger charge is -2.60. The van der Waals surface area contributed by atoms with Gasteiger partial charge in [-0.05, 0) is 158 Å². The Kier molecular flexibility index (Phi) is 13.6. The Balaban J connectivity index is 0.591. The van der Waals surface area contributed by atoms with Crippen molar-refractivity contribution in [2.45, 2.75) is 161 Å². The van der Waals surface area contributed by atoms with Crippen LogP contribution in [0.3, 0.4) is 0 Å². The highest BCUT2D eigenvalue weighted by atomic mass is 19.1. The second kappa shape index (κ2) is 18.2. The standard InChI is InChI=1S/C50H91FN8/c1-6-11-47(12-13-47)36-54-20-16-48(17-21-54)31-46(32-48)59-39-50(51,40-59)38-55-24-28-57(29-25-55)43(5)8-7-42(4)56-26-22-52(23-27-56)33-44-34-58(35-44)45-9-18-53(19-10-45)37-49(14-15-49)30-41(2)3/h41-46H,6-40H2,1-5H3. The van der Waals surface area contributed by atoms with Gasteiger partial charge in [0.25, 0.3) is 0 Å². The molecule has 8 nitrogen and oxygen atoms in total. The van der Waals surface area contributed by atoms with E-state index in [1.165, 1.54) is 181 Å². The zero-order valence-electron chi connectivity index (χ0n) is 39.2. The molecule has 3 aliphatic carbocycles. The first-order chi connectivity index (χ1) is 28.4. The van der Waals surface area contributed by atoms with Crippen LogP contribution in [0.25, 0.3) is 0 Å². The van der Waals surface area contributed by atoms with E-state index < -0.39 is 5.67 Å². The summed E-state index contributed by atoms with van der Waals surface area (Å²) in [6, 6.07) is 2.79. The molecule has 0 aromatic carbocycles. The maximum Gasteiger partial charge on any atom is 0.148 e. The molecule has 0 aromatic rings. The van der Waals surface area contributed by atoms with Gasteiger partial charge in [-0.1, -0.05) is 27.2 Å². The minimum absolute atomic E-state index is 0.583. The highest BCUT2D eigenvalue weighted by Crippen LogP contribution is 2.55. The molecule has 0 aromatic heterocycles. The Labute approximate surface area is 362 Å². The Morgan fingerprint density at radius 3 is 1.63 bits per heavy atom. The number of halogens is 1. The molecule has 6 saturated heterocycles. The van der Waals surface area contributed by atoms with Gasteiger partial charge < -0.3 is 14.7 Å². The van der Waals surface area contributed by atoms with Gasteiger partial charge in [-0.2, -0.15) is 0 Å². The molecule has 2 atom stereocenters. The topological polar surface area (TPSA) is 25.9 Å². The molecule has 0 radical (unpaired) electrons. The molecule has 2 unspecified atom stereocenters. The average Bonchev–Trinajstić information content (AvgIpc) is 4.12. The summed E-state index contributed by atoms with van der Waals surface area (Å²) in [6.07, 6.45) is 20.9. The van der Waals surface area contributed by atoms with Crippen LogP contribution in [0, 0.1) is 28.1 Å². The molecule has 9 heteroatoms. The third-order valence-corrected chi connectivity index (χ3v) is 18.5. The number of alkyl halides is 1. The largest absolute Gasteiger partial charge is 0.303 e. The van der Waals surface area contributed by atoms with Crippen molar-refractivity contribution in [1.82, 2.24) is 39.2 Å². The van der Waals surface area contributed by atoms with E-state index in [0.29, 0.717) is 54.0 Å². The van der Waals surface area contributed by atoms with Crippen molar-refractivity contribution in [3.8, 4) is 0 Å². The van der Waals surface area contributed by atoms with Gasteiger partial charge in [0.1, 0.15) is 5.67 Å². The third kappa shape index (κ3) is 10.8. The fourth-order valence-corrected chi connectivity index (χ4v) is 14.3. The fourth-order valence-electron chi connectivity index (χ4n) is 14.3. The molecule has 59 heavy (non-hydrogen) atoms. The first-order valence-electron chi connectivity index (χ1n) is 25.9. The quantitative estimate of drug-likeness (QED) is 0.140. The number of rotatable bonds is 19. The second-order valence-corrected chi connectivity index (χ2v) is 24.0. The van der Waals surface area contributed by atoms with Crippen LogP contribution in [0.4, 0.5) is 4.39 Å². The molecule has 9 rings (SSSR count). The number of hydrogen-bond acceptors (Lipinski definition) is 8. The molecule has 9 fully saturated rings. The van der Waals surface area contributed by atoms with Crippen molar-refractivity contribution in [2.75, 3.05) is 131 Å². The van der Waals surface area contributed by atoms with Crippen LogP contribution in [0.2, 0.25) is 0 Å². The predicted octanol–water partition coefficient (Wildman–Crippen LogP) is 6.85. The van der Waals surface area contributed by atoms with E-state index in [4.69, 9.17) is 0 Å². The van der Waals surface area contributed by atoms with Crippen LogP contribution in [-0.2, 0) is 0 Å². The number of piperidine rings is 2. The van der Waals surface area contributed by atoms with Crippen LogP contribution in [0.5, 0.6) is 0 Å². The van der Waals surface area contributed by atoms with Crippen molar-refractivity contribution in [3.63, 3.8) is 0 Å². The van der Waals surface area contributed by atoms with Gasteiger partial charge in [-0.25, -0.2) is 4.39 Å². The van der Waals surface area contributed by atoms with Crippen molar-refractivity contribution in [1.29, 1.82) is 0 Å². The molecule has 0 bridgehead atoms. The Bertz CT molecular complexity index is 1320. The molecule has 9 aliphatic rings. The van der Waals surface area contributed by atoms with Crippen molar-refractivity contribution < 1.29 is 4.39 Å². The molecular formula is C50H91FN8. The van der Waals surface area contributed by atoms with Crippen LogP contribution < -0.4 is 0 Å². The molecule has 1 spiro atoms. The van der Waals surface area contributed by atoms with Crippen LogP contribution in [0.15, 0.2) is 0 Å². The van der Waals surface area contributed by atoms with Gasteiger partial charge in [-0.15, -0.1) is 0 Å². The highest BCUT2D eigenvalue weighted by molar-refractivity contribution is 5.09. The predicted molar refractivity (Wildman–Crippen MR) is 243 cm³/mol. The molecule has 0 N–H and O–H groups in total. The first-order valence-corrected chi connectivity index (χ1v) is 25.9. The van der Waals surface area contributed by atoms with Crippen LogP contribution >= 0.6 is 0 Å². The maximum absolute atomic E-state index is 16.0. The van der Waals surface area contributed by atoms with E-state index >= 15 is 4.39 Å². The first kappa shape index (κ1) is 43.8. The second-order valence-electron chi connectivity index (χ2n) is 24.0. The summed E-state index contributed by atoms with van der Waals surface area (Å²) in [5, 5.41) is 0. The Hall–Kier alpha value is -0.390. The summed E-state index contributed by atoms with van der Waals surface area (Å²) in [4.78, 5) is 21.7. The van der Waals surface area contributed by atoms with Gasteiger partial charge >= 0.3 is 0 Å². The number of likely N-dealkylation sites (tertiary alicyclic amines) is 4. The lowest BCUT2D eigenvalue weighted by atomic mass is 9.59. The van der Waals surface area contributed by atoms with Crippen LogP contribution in [-0.4, -0.2) is 200 Å². The summed E-state index contributed by atoms with van der Waals surface area (Å²) in [5.74, 6) is 1.74. The zero-order chi connectivity index (χ0) is 40.8. The minimum atomic E-state index is -0.987. The van der Waals surface area contributed by atoms with Crippen molar-refractivity contribution >= 4 is 0 Å². The smallest absolute Gasteiger partial charge is 0.148 e. The van der Waals surface area contributed by atoms with E-state index in [1.807, 2.05) is 0 Å². The third-order valence-electron chi connectivity index (χ3n) is 18.5. The van der Waals surface area contributed by atoms with Gasteiger partial charge in [0.05, 0.1) is 0 Å². The molecule has 6 heterocycles. The van der Waals surface area contributed by atoms with E-state index in [-0.39, 0.29) is 0 Å². The van der Waals surface area contributed by atoms with E-state index in [9.17, 15) is 0 Å². The van der Waals surface area contributed by atoms with Gasteiger partial charge in [-0.3, -0.25) is 24.5 Å². The van der Waals surface area contributed by atoms with Gasteiger partial charge in [0.2, 0.25) is 0 Å². The number of piperazine rings is 2. The molecule has 0 amide bonds. The van der Waals surface area contributed by atoms with Gasteiger partial charge in [0.15, 0.2) is 0 Å². The van der Waals surface area contributed by atoms with Crippen molar-refractivity contribution in [3.05, 3.63) is 0 Å². The molecule has 6 aliphatic heterocycles. The van der Waals surface area contributed by atoms with Crippen LogP contribution in [0.1, 0.15) is 131 Å². The maximum atomic E-state index is 16.0. The van der Waals surface area contributed by atoms with Crippen molar-refractivity contribution in [2.24, 2.45) is 28.1 Å². The monoisotopic (exact) mass is 823 g/mol. The zero-order valence-corrected chi connectivity index (χ0v) is 39.2. The van der Waals surface area contributed by atoms with E-state index in [0.717, 1.165) is 44.1 Å². The summed E-state index contributed by atoms with van der Waals surface area (Å²) >= 11 is 0. The van der Waals surface area contributed by atoms with E-state index in [2.05, 4.69) is 73.8 Å². The molecular weight excluding hydrogens is 732 g/mol. The summed E-state index contributed by atoms with van der Waals surface area (Å²) < 4.78 is 16.0. The normalized spacial score (nSPS) is 31.6. The minimum Gasteiger partial charge on any atom is -0.303 e. The Morgan fingerprint density at radius 2 is 1.08 bits per heavy atom. The van der Waals surface area contributed by atoms with E-state index in [1.54, 1.807) is 0 Å². The Morgan fingerprint density at radius 1 is 0.559 bits per heavy atom. The fraction of sp³-hybridized carbons (Fsp3) is 1.00. The number of nitrogens with zero attached hydrogens (tertiary/aromatic N) is 8. The lowest BCUT2D eigenvalue weighted by molar-refractivity contribution is -0.132. The lowest BCUT2D eigenvalue weighted by Crippen LogP contribution is -2.70. The average molecular weight is 823 g/mol. The summed E-state index contributed by atoms with van der Waals surface area (Å²) in [6.45, 7) is 35.4. The molecule has 3 saturated carbocycles. The highest BCUT2D eigenvalue weighted by Gasteiger charge is 2.55. The summed E-state index contributed by atoms with van der Waals surface area (Å²) in [5.41, 5.74) is 0.970. The van der Waals surface area contributed by atoms with Gasteiger partial charge in [0, 0.05) is 129 Å².